The number of piperidine rings is 1. The van der Waals surface area contributed by atoms with E-state index < -0.39 is 0 Å². The largest absolute Gasteiger partial charge is 0.368 e. The number of hydrogen-bond donors (Lipinski definition) is 1. The molecule has 7 heteroatoms. The Balaban J connectivity index is 1.79. The van der Waals surface area contributed by atoms with E-state index in [9.17, 15) is 0 Å². The summed E-state index contributed by atoms with van der Waals surface area (Å²) in [4.78, 5) is 20.2. The highest BCUT2D eigenvalue weighted by Crippen LogP contribution is 2.20. The predicted octanol–water partition coefficient (Wildman–Crippen LogP) is 0.586. The normalized spacial score (nSPS) is 21.4. The van der Waals surface area contributed by atoms with Crippen molar-refractivity contribution >= 4 is 17.8 Å². The summed E-state index contributed by atoms with van der Waals surface area (Å²) in [5.74, 6) is 1.81. The predicted molar refractivity (Wildman–Crippen MR) is 84.6 cm³/mol. The van der Waals surface area contributed by atoms with Crippen molar-refractivity contribution in [3.63, 3.8) is 0 Å². The van der Waals surface area contributed by atoms with Gasteiger partial charge in [0.15, 0.2) is 0 Å². The van der Waals surface area contributed by atoms with Crippen molar-refractivity contribution in [3.8, 4) is 0 Å². The Labute approximate surface area is 126 Å². The van der Waals surface area contributed by atoms with Gasteiger partial charge >= 0.3 is 0 Å². The third-order valence-electron chi connectivity index (χ3n) is 4.27. The Morgan fingerprint density at radius 3 is 2.05 bits per heavy atom. The summed E-state index contributed by atoms with van der Waals surface area (Å²) >= 11 is 0. The standard InChI is InChI=1S/C14H25N7/c1-19-6-5-9-21(11-10-19)14-17-12(15)16-13(18-14)20-7-3-2-4-8-20/h2-11H2,1H3,(H2,15,16,17,18). The maximum Gasteiger partial charge on any atom is 0.232 e. The number of likely N-dealkylation sites (N-methyl/N-ethyl adjacent to an activating group) is 1. The van der Waals surface area contributed by atoms with Crippen LogP contribution in [0.1, 0.15) is 25.7 Å². The SMILES string of the molecule is CN1CCCN(c2nc(N)nc(N3CCCCC3)n2)CC1. The van der Waals surface area contributed by atoms with E-state index in [0.29, 0.717) is 5.95 Å². The summed E-state index contributed by atoms with van der Waals surface area (Å²) < 4.78 is 0. The molecule has 0 aliphatic carbocycles. The first-order valence-electron chi connectivity index (χ1n) is 7.92. The van der Waals surface area contributed by atoms with Gasteiger partial charge in [0.05, 0.1) is 0 Å². The second-order valence-corrected chi connectivity index (χ2v) is 5.99. The molecule has 0 bridgehead atoms. The van der Waals surface area contributed by atoms with Gasteiger partial charge in [0.2, 0.25) is 17.8 Å². The fourth-order valence-electron chi connectivity index (χ4n) is 2.99. The fourth-order valence-corrected chi connectivity index (χ4v) is 2.99. The van der Waals surface area contributed by atoms with Crippen molar-refractivity contribution < 1.29 is 0 Å². The van der Waals surface area contributed by atoms with E-state index in [0.717, 1.165) is 57.6 Å². The van der Waals surface area contributed by atoms with Crippen molar-refractivity contribution in [2.75, 3.05) is 61.8 Å². The van der Waals surface area contributed by atoms with Gasteiger partial charge in [0.25, 0.3) is 0 Å². The number of anilines is 3. The van der Waals surface area contributed by atoms with Crippen LogP contribution in [0.5, 0.6) is 0 Å². The first-order valence-corrected chi connectivity index (χ1v) is 7.92. The van der Waals surface area contributed by atoms with E-state index in [1.54, 1.807) is 0 Å². The molecule has 1 aromatic heterocycles. The third kappa shape index (κ3) is 3.53. The van der Waals surface area contributed by atoms with Crippen LogP contribution in [0.2, 0.25) is 0 Å². The lowest BCUT2D eigenvalue weighted by molar-refractivity contribution is 0.360. The zero-order valence-electron chi connectivity index (χ0n) is 12.8. The Bertz CT molecular complexity index is 472. The Kier molecular flexibility index (Phi) is 4.38. The first-order chi connectivity index (χ1) is 10.2. The van der Waals surface area contributed by atoms with Crippen LogP contribution in [-0.2, 0) is 0 Å². The van der Waals surface area contributed by atoms with Crippen molar-refractivity contribution in [1.29, 1.82) is 0 Å². The highest BCUT2D eigenvalue weighted by Gasteiger charge is 2.19. The van der Waals surface area contributed by atoms with Gasteiger partial charge in [0, 0.05) is 32.7 Å². The summed E-state index contributed by atoms with van der Waals surface area (Å²) in [6, 6.07) is 0. The zero-order chi connectivity index (χ0) is 14.7. The monoisotopic (exact) mass is 291 g/mol. The van der Waals surface area contributed by atoms with Crippen molar-refractivity contribution in [2.24, 2.45) is 0 Å². The molecular weight excluding hydrogens is 266 g/mol. The van der Waals surface area contributed by atoms with Gasteiger partial charge < -0.3 is 20.4 Å². The molecule has 2 aliphatic heterocycles. The van der Waals surface area contributed by atoms with Gasteiger partial charge in [0.1, 0.15) is 0 Å². The molecule has 3 heterocycles. The summed E-state index contributed by atoms with van der Waals surface area (Å²) in [6.45, 7) is 6.12. The summed E-state index contributed by atoms with van der Waals surface area (Å²) in [5, 5.41) is 0. The molecule has 3 rings (SSSR count). The Morgan fingerprint density at radius 1 is 0.714 bits per heavy atom. The Morgan fingerprint density at radius 2 is 1.33 bits per heavy atom. The molecule has 116 valence electrons. The molecule has 7 nitrogen and oxygen atoms in total. The van der Waals surface area contributed by atoms with Crippen LogP contribution in [0.25, 0.3) is 0 Å². The highest BCUT2D eigenvalue weighted by molar-refractivity contribution is 5.43. The molecule has 1 aromatic rings. The van der Waals surface area contributed by atoms with Gasteiger partial charge in [-0.3, -0.25) is 0 Å². The fraction of sp³-hybridized carbons (Fsp3) is 0.786. The summed E-state index contributed by atoms with van der Waals surface area (Å²) in [6.07, 6.45) is 4.83. The van der Waals surface area contributed by atoms with Crippen LogP contribution in [-0.4, -0.2) is 66.2 Å². The van der Waals surface area contributed by atoms with Crippen LogP contribution in [0.15, 0.2) is 0 Å². The maximum atomic E-state index is 5.91. The van der Waals surface area contributed by atoms with E-state index in [2.05, 4.69) is 36.7 Å². The van der Waals surface area contributed by atoms with E-state index in [4.69, 9.17) is 5.73 Å². The molecule has 2 fully saturated rings. The lowest BCUT2D eigenvalue weighted by Gasteiger charge is -2.28. The lowest BCUT2D eigenvalue weighted by Crippen LogP contribution is -2.34. The first kappa shape index (κ1) is 14.3. The number of nitrogen functional groups attached to an aromatic ring is 1. The van der Waals surface area contributed by atoms with Crippen LogP contribution in [0.3, 0.4) is 0 Å². The molecule has 2 N–H and O–H groups in total. The topological polar surface area (TPSA) is 74.4 Å². The third-order valence-corrected chi connectivity index (χ3v) is 4.27. The summed E-state index contributed by atoms with van der Waals surface area (Å²) in [7, 11) is 2.16. The molecule has 0 amide bonds. The van der Waals surface area contributed by atoms with Gasteiger partial charge in [-0.15, -0.1) is 0 Å². The molecule has 2 aliphatic rings. The number of aromatic nitrogens is 3. The molecule has 0 spiro atoms. The van der Waals surface area contributed by atoms with Crippen molar-refractivity contribution in [3.05, 3.63) is 0 Å². The number of hydrogen-bond acceptors (Lipinski definition) is 7. The number of nitrogens with zero attached hydrogens (tertiary/aromatic N) is 6. The average Bonchev–Trinajstić information content (AvgIpc) is 2.72. The molecule has 0 aromatic carbocycles. The minimum atomic E-state index is 0.332. The second-order valence-electron chi connectivity index (χ2n) is 5.99. The molecule has 0 radical (unpaired) electrons. The van der Waals surface area contributed by atoms with Gasteiger partial charge in [-0.25, -0.2) is 0 Å². The van der Waals surface area contributed by atoms with Gasteiger partial charge in [-0.1, -0.05) is 0 Å². The quantitative estimate of drug-likeness (QED) is 0.854. The second kappa shape index (κ2) is 6.43. The Hall–Kier alpha value is -1.63. The van der Waals surface area contributed by atoms with Crippen molar-refractivity contribution in [2.45, 2.75) is 25.7 Å². The lowest BCUT2D eigenvalue weighted by atomic mass is 10.1. The van der Waals surface area contributed by atoms with E-state index in [1.807, 2.05) is 0 Å². The molecule has 0 atom stereocenters. The smallest absolute Gasteiger partial charge is 0.232 e. The van der Waals surface area contributed by atoms with E-state index in [-0.39, 0.29) is 0 Å². The van der Waals surface area contributed by atoms with Crippen LogP contribution < -0.4 is 15.5 Å². The zero-order valence-corrected chi connectivity index (χ0v) is 12.8. The van der Waals surface area contributed by atoms with E-state index >= 15 is 0 Å². The van der Waals surface area contributed by atoms with Crippen LogP contribution in [0.4, 0.5) is 17.8 Å². The molecular formula is C14H25N7. The highest BCUT2D eigenvalue weighted by atomic mass is 15.4. The number of nitrogens with two attached hydrogens (primary N) is 1. The molecule has 2 saturated heterocycles. The molecule has 0 unspecified atom stereocenters. The summed E-state index contributed by atoms with van der Waals surface area (Å²) in [5.41, 5.74) is 5.91. The van der Waals surface area contributed by atoms with Crippen molar-refractivity contribution in [1.82, 2.24) is 19.9 Å². The van der Waals surface area contributed by atoms with Crippen LogP contribution >= 0.6 is 0 Å². The number of rotatable bonds is 2. The minimum Gasteiger partial charge on any atom is -0.368 e. The van der Waals surface area contributed by atoms with E-state index in [1.165, 1.54) is 19.3 Å². The van der Waals surface area contributed by atoms with Gasteiger partial charge in [-0.2, -0.15) is 15.0 Å². The van der Waals surface area contributed by atoms with Crippen LogP contribution in [0, 0.1) is 0 Å². The molecule has 21 heavy (non-hydrogen) atoms. The van der Waals surface area contributed by atoms with Gasteiger partial charge in [-0.05, 0) is 39.3 Å². The minimum absolute atomic E-state index is 0.332. The average molecular weight is 291 g/mol. The molecule has 0 saturated carbocycles. The maximum absolute atomic E-state index is 5.91.